The molecule has 8 heteroatoms. The third-order valence-corrected chi connectivity index (χ3v) is 9.18. The SMILES string of the molecule is CN1CCN(c2ccccc2)P1(=O)C1CC(=O)N(c2ccc(Br)cc2)C1=O. The Bertz CT molecular complexity index is 935. The van der Waals surface area contributed by atoms with Gasteiger partial charge in [0.2, 0.25) is 11.8 Å². The number of imide groups is 1. The number of carbonyl (C=O) groups is 2. The molecule has 0 aromatic heterocycles. The van der Waals surface area contributed by atoms with E-state index in [9.17, 15) is 14.2 Å². The van der Waals surface area contributed by atoms with E-state index in [1.807, 2.05) is 35.0 Å². The summed E-state index contributed by atoms with van der Waals surface area (Å²) in [6, 6.07) is 16.4. The van der Waals surface area contributed by atoms with Crippen LogP contribution in [0.5, 0.6) is 0 Å². The van der Waals surface area contributed by atoms with E-state index in [0.717, 1.165) is 10.2 Å². The summed E-state index contributed by atoms with van der Waals surface area (Å²) >= 11 is 3.35. The maximum atomic E-state index is 14.1. The van der Waals surface area contributed by atoms with Crippen molar-refractivity contribution in [1.82, 2.24) is 4.67 Å². The van der Waals surface area contributed by atoms with E-state index in [0.29, 0.717) is 18.8 Å². The molecule has 2 heterocycles. The molecule has 2 fully saturated rings. The molecule has 2 aromatic rings. The van der Waals surface area contributed by atoms with Crippen LogP contribution in [0, 0.1) is 0 Å². The Morgan fingerprint density at radius 2 is 1.63 bits per heavy atom. The van der Waals surface area contributed by atoms with Crippen LogP contribution in [0.15, 0.2) is 59.1 Å². The fourth-order valence-electron chi connectivity index (χ4n) is 3.75. The van der Waals surface area contributed by atoms with E-state index in [2.05, 4.69) is 15.9 Å². The number of benzene rings is 2. The van der Waals surface area contributed by atoms with Crippen molar-refractivity contribution in [3.05, 3.63) is 59.1 Å². The summed E-state index contributed by atoms with van der Waals surface area (Å²) in [5.41, 5.74) is 0.462. The van der Waals surface area contributed by atoms with Gasteiger partial charge in [-0.05, 0) is 43.4 Å². The van der Waals surface area contributed by atoms with Crippen molar-refractivity contribution in [2.24, 2.45) is 0 Å². The predicted octanol–water partition coefficient (Wildman–Crippen LogP) is 3.73. The van der Waals surface area contributed by atoms with Crippen LogP contribution >= 0.6 is 23.4 Å². The van der Waals surface area contributed by atoms with Gasteiger partial charge in [0.25, 0.3) is 7.44 Å². The van der Waals surface area contributed by atoms with Gasteiger partial charge in [-0.2, -0.15) is 0 Å². The normalized spacial score (nSPS) is 26.2. The van der Waals surface area contributed by atoms with Crippen molar-refractivity contribution >= 4 is 46.6 Å². The second-order valence-electron chi connectivity index (χ2n) is 6.69. The second kappa shape index (κ2) is 6.89. The van der Waals surface area contributed by atoms with Crippen LogP contribution in [0.25, 0.3) is 0 Å². The zero-order valence-corrected chi connectivity index (χ0v) is 17.3. The molecule has 2 unspecified atom stereocenters. The summed E-state index contributed by atoms with van der Waals surface area (Å²) in [4.78, 5) is 27.0. The van der Waals surface area contributed by atoms with E-state index in [1.54, 1.807) is 36.0 Å². The zero-order valence-electron chi connectivity index (χ0n) is 14.8. The molecule has 2 aromatic carbocycles. The number of halogens is 1. The summed E-state index contributed by atoms with van der Waals surface area (Å²) in [6.45, 7) is 1.15. The first-order chi connectivity index (χ1) is 12.9. The number of para-hydroxylation sites is 1. The molecule has 0 saturated carbocycles. The highest BCUT2D eigenvalue weighted by Crippen LogP contribution is 2.63. The summed E-state index contributed by atoms with van der Waals surface area (Å²) in [5.74, 6) is -0.698. The molecule has 6 nitrogen and oxygen atoms in total. The molecule has 2 aliphatic heterocycles. The second-order valence-corrected chi connectivity index (χ2v) is 10.6. The number of nitrogens with zero attached hydrogens (tertiary/aromatic N) is 3. The summed E-state index contributed by atoms with van der Waals surface area (Å²) in [5, 5.41) is 0. The molecular formula is C19H19BrN3O3P. The molecule has 0 N–H and O–H groups in total. The molecule has 0 spiro atoms. The minimum Gasteiger partial charge on any atom is -0.309 e. The first-order valence-corrected chi connectivity index (χ1v) is 11.2. The third kappa shape index (κ3) is 2.94. The van der Waals surface area contributed by atoms with E-state index in [1.165, 1.54) is 4.90 Å². The van der Waals surface area contributed by atoms with Crippen molar-refractivity contribution < 1.29 is 14.2 Å². The first kappa shape index (κ1) is 18.4. The van der Waals surface area contributed by atoms with Gasteiger partial charge in [-0.3, -0.25) is 14.2 Å². The lowest BCUT2D eigenvalue weighted by atomic mass is 10.3. The molecule has 0 bridgehead atoms. The monoisotopic (exact) mass is 447 g/mol. The van der Waals surface area contributed by atoms with Crippen LogP contribution in [0.4, 0.5) is 11.4 Å². The Morgan fingerprint density at radius 3 is 2.30 bits per heavy atom. The Hall–Kier alpha value is -1.95. The summed E-state index contributed by atoms with van der Waals surface area (Å²) in [6.07, 6.45) is -0.0418. The summed E-state index contributed by atoms with van der Waals surface area (Å²) < 4.78 is 18.5. The molecular weight excluding hydrogens is 429 g/mol. The molecule has 2 saturated heterocycles. The lowest BCUT2D eigenvalue weighted by molar-refractivity contribution is -0.121. The fourth-order valence-corrected chi connectivity index (χ4v) is 7.21. The van der Waals surface area contributed by atoms with Gasteiger partial charge in [-0.15, -0.1) is 0 Å². The van der Waals surface area contributed by atoms with E-state index in [-0.39, 0.29) is 18.2 Å². The minimum absolute atomic E-state index is 0.0418. The third-order valence-electron chi connectivity index (χ3n) is 5.14. The van der Waals surface area contributed by atoms with Gasteiger partial charge in [-0.1, -0.05) is 34.1 Å². The molecule has 2 amide bonds. The molecule has 4 rings (SSSR count). The maximum Gasteiger partial charge on any atom is 0.252 e. The van der Waals surface area contributed by atoms with Crippen LogP contribution in [0.2, 0.25) is 0 Å². The number of rotatable bonds is 3. The smallest absolute Gasteiger partial charge is 0.252 e. The predicted molar refractivity (Wildman–Crippen MR) is 109 cm³/mol. The van der Waals surface area contributed by atoms with Crippen LogP contribution in [0.3, 0.4) is 0 Å². The number of hydrogen-bond acceptors (Lipinski definition) is 3. The minimum atomic E-state index is -3.26. The van der Waals surface area contributed by atoms with Crippen LogP contribution in [0.1, 0.15) is 6.42 Å². The molecule has 0 aliphatic carbocycles. The van der Waals surface area contributed by atoms with Gasteiger partial charge in [0.1, 0.15) is 5.66 Å². The number of hydrogen-bond donors (Lipinski definition) is 0. The number of anilines is 2. The molecule has 0 radical (unpaired) electrons. The highest BCUT2D eigenvalue weighted by atomic mass is 79.9. The van der Waals surface area contributed by atoms with Crippen molar-refractivity contribution in [1.29, 1.82) is 0 Å². The van der Waals surface area contributed by atoms with Crippen molar-refractivity contribution in [3.8, 4) is 0 Å². The number of carbonyl (C=O) groups excluding carboxylic acids is 2. The van der Waals surface area contributed by atoms with Crippen LogP contribution in [-0.4, -0.2) is 42.3 Å². The number of amides is 2. The molecule has 2 aliphatic rings. The average Bonchev–Trinajstić information content (AvgIpc) is 3.14. The molecule has 140 valence electrons. The Morgan fingerprint density at radius 1 is 0.963 bits per heavy atom. The lowest BCUT2D eigenvalue weighted by Crippen LogP contribution is -2.35. The zero-order chi connectivity index (χ0) is 19.2. The standard InChI is InChI=1S/C19H19BrN3O3P/c1-21-11-12-22(15-5-3-2-4-6-15)27(21,26)17-13-18(24)23(19(17)25)16-9-7-14(20)8-10-16/h2-10,17H,11-13H2,1H3. The van der Waals surface area contributed by atoms with Gasteiger partial charge in [-0.25, -0.2) is 9.57 Å². The van der Waals surface area contributed by atoms with E-state index in [4.69, 9.17) is 0 Å². The first-order valence-electron chi connectivity index (χ1n) is 8.69. The van der Waals surface area contributed by atoms with Gasteiger partial charge < -0.3 is 4.67 Å². The van der Waals surface area contributed by atoms with Crippen molar-refractivity contribution in [3.63, 3.8) is 0 Å². The van der Waals surface area contributed by atoms with Gasteiger partial charge in [0.15, 0.2) is 0 Å². The largest absolute Gasteiger partial charge is 0.309 e. The summed E-state index contributed by atoms with van der Waals surface area (Å²) in [7, 11) is -1.49. The van der Waals surface area contributed by atoms with E-state index >= 15 is 0 Å². The lowest BCUT2D eigenvalue weighted by Gasteiger charge is -2.33. The van der Waals surface area contributed by atoms with Crippen molar-refractivity contribution in [2.45, 2.75) is 12.1 Å². The molecule has 27 heavy (non-hydrogen) atoms. The van der Waals surface area contributed by atoms with Crippen molar-refractivity contribution in [2.75, 3.05) is 29.7 Å². The highest BCUT2D eigenvalue weighted by Gasteiger charge is 2.56. The van der Waals surface area contributed by atoms with E-state index < -0.39 is 13.1 Å². The van der Waals surface area contributed by atoms with Gasteiger partial charge >= 0.3 is 0 Å². The maximum absolute atomic E-state index is 14.1. The molecule has 2 atom stereocenters. The van der Waals surface area contributed by atoms with Gasteiger partial charge in [0.05, 0.1) is 5.69 Å². The van der Waals surface area contributed by atoms with Crippen LogP contribution < -0.4 is 9.57 Å². The Balaban J connectivity index is 1.71. The topological polar surface area (TPSA) is 60.9 Å². The highest BCUT2D eigenvalue weighted by molar-refractivity contribution is 9.10. The quantitative estimate of drug-likeness (QED) is 0.529. The number of likely N-dealkylation sites (N-methyl/N-ethyl adjacent to an activating group) is 1. The van der Waals surface area contributed by atoms with Crippen LogP contribution in [-0.2, 0) is 14.2 Å². The Labute approximate surface area is 166 Å². The fraction of sp³-hybridized carbons (Fsp3) is 0.263. The Kier molecular flexibility index (Phi) is 4.70. The van der Waals surface area contributed by atoms with Gasteiger partial charge in [0, 0.05) is 29.7 Å². The average molecular weight is 448 g/mol.